The summed E-state index contributed by atoms with van der Waals surface area (Å²) in [6.45, 7) is 10.4. The number of halogens is 2. The number of ether oxygens (including phenoxy) is 3. The van der Waals surface area contributed by atoms with Crippen molar-refractivity contribution in [1.82, 2.24) is 0 Å². The predicted octanol–water partition coefficient (Wildman–Crippen LogP) is 4.80. The summed E-state index contributed by atoms with van der Waals surface area (Å²) in [4.78, 5) is 11.7. The molecule has 30 heavy (non-hydrogen) atoms. The van der Waals surface area contributed by atoms with Crippen molar-refractivity contribution >= 4 is 5.97 Å². The Balaban J connectivity index is 2.21. The zero-order chi connectivity index (χ0) is 22.5. The second-order valence-electron chi connectivity index (χ2n) is 7.73. The lowest BCUT2D eigenvalue weighted by Gasteiger charge is -2.19. The molecule has 0 aliphatic carbocycles. The van der Waals surface area contributed by atoms with E-state index in [1.807, 2.05) is 20.8 Å². The summed E-state index contributed by atoms with van der Waals surface area (Å²) >= 11 is 0. The molecule has 0 spiro atoms. The molecule has 1 N–H and O–H groups in total. The van der Waals surface area contributed by atoms with E-state index in [0.29, 0.717) is 11.1 Å². The Bertz CT molecular complexity index is 909. The minimum absolute atomic E-state index is 0.00189. The molecule has 0 aliphatic rings. The molecule has 2 aromatic rings. The smallest absolute Gasteiger partial charge is 0.338 e. The molecule has 0 bridgehead atoms. The van der Waals surface area contributed by atoms with Crippen LogP contribution >= 0.6 is 0 Å². The molecule has 0 amide bonds. The molecule has 2 aromatic carbocycles. The highest BCUT2D eigenvalue weighted by molar-refractivity contribution is 5.89. The monoisotopic (exact) mass is 420 g/mol. The predicted molar refractivity (Wildman–Crippen MR) is 109 cm³/mol. The van der Waals surface area contributed by atoms with Gasteiger partial charge in [0.15, 0.2) is 17.4 Å². The maximum absolute atomic E-state index is 14.4. The van der Waals surface area contributed by atoms with Crippen molar-refractivity contribution in [1.29, 1.82) is 0 Å². The van der Waals surface area contributed by atoms with Crippen molar-refractivity contribution in [3.63, 3.8) is 0 Å². The lowest BCUT2D eigenvalue weighted by atomic mass is 10.0. The van der Waals surface area contributed by atoms with Crippen molar-refractivity contribution in [3.05, 3.63) is 59.7 Å². The van der Waals surface area contributed by atoms with Gasteiger partial charge in [0, 0.05) is 11.1 Å². The van der Waals surface area contributed by atoms with Crippen molar-refractivity contribution in [2.24, 2.45) is 0 Å². The van der Waals surface area contributed by atoms with Crippen LogP contribution in [0.2, 0.25) is 0 Å². The maximum atomic E-state index is 14.4. The van der Waals surface area contributed by atoms with Gasteiger partial charge in [-0.2, -0.15) is 0 Å². The number of hydrogen-bond donors (Lipinski definition) is 1. The van der Waals surface area contributed by atoms with Crippen LogP contribution in [0.5, 0.6) is 11.5 Å². The van der Waals surface area contributed by atoms with Gasteiger partial charge >= 0.3 is 5.97 Å². The SMILES string of the molecule is C=C(C)C(=O)Oc1ccc(-c2cc(F)c(OCCOC(C)(C)C)c(F)c2)cc1CO. The number of esters is 1. The van der Waals surface area contributed by atoms with Crippen LogP contribution in [0.3, 0.4) is 0 Å². The van der Waals surface area contributed by atoms with Gasteiger partial charge in [-0.05, 0) is 63.1 Å². The van der Waals surface area contributed by atoms with Gasteiger partial charge in [0.1, 0.15) is 12.4 Å². The summed E-state index contributed by atoms with van der Waals surface area (Å²) in [7, 11) is 0. The van der Waals surface area contributed by atoms with Crippen LogP contribution in [0.25, 0.3) is 11.1 Å². The molecular formula is C23H26F2O5. The van der Waals surface area contributed by atoms with Gasteiger partial charge in [-0.3, -0.25) is 0 Å². The van der Waals surface area contributed by atoms with Gasteiger partial charge in [0.05, 0.1) is 18.8 Å². The van der Waals surface area contributed by atoms with E-state index in [9.17, 15) is 18.7 Å². The Morgan fingerprint density at radius 2 is 1.70 bits per heavy atom. The molecule has 0 atom stereocenters. The van der Waals surface area contributed by atoms with E-state index in [1.165, 1.54) is 25.1 Å². The second kappa shape index (κ2) is 9.82. The normalized spacial score (nSPS) is 11.3. The molecule has 2 rings (SSSR count). The Morgan fingerprint density at radius 1 is 1.07 bits per heavy atom. The van der Waals surface area contributed by atoms with Crippen molar-refractivity contribution in [2.45, 2.75) is 39.9 Å². The highest BCUT2D eigenvalue weighted by atomic mass is 19.1. The first-order valence-electron chi connectivity index (χ1n) is 9.39. The summed E-state index contributed by atoms with van der Waals surface area (Å²) in [5, 5.41) is 9.58. The van der Waals surface area contributed by atoms with Gasteiger partial charge in [-0.25, -0.2) is 13.6 Å². The summed E-state index contributed by atoms with van der Waals surface area (Å²) in [6, 6.07) is 6.75. The van der Waals surface area contributed by atoms with Gasteiger partial charge in [0.2, 0.25) is 0 Å². The highest BCUT2D eigenvalue weighted by Crippen LogP contribution is 2.32. The Morgan fingerprint density at radius 3 is 2.23 bits per heavy atom. The molecule has 5 nitrogen and oxygen atoms in total. The van der Waals surface area contributed by atoms with E-state index >= 15 is 0 Å². The summed E-state index contributed by atoms with van der Waals surface area (Å²) in [5.74, 6) is -2.68. The topological polar surface area (TPSA) is 65.0 Å². The molecule has 0 fully saturated rings. The first-order chi connectivity index (χ1) is 14.0. The summed E-state index contributed by atoms with van der Waals surface area (Å²) in [6.07, 6.45) is 0. The zero-order valence-corrected chi connectivity index (χ0v) is 17.6. The van der Waals surface area contributed by atoms with Crippen LogP contribution < -0.4 is 9.47 Å². The van der Waals surface area contributed by atoms with Crippen LogP contribution in [0.15, 0.2) is 42.5 Å². The van der Waals surface area contributed by atoms with E-state index in [2.05, 4.69) is 6.58 Å². The van der Waals surface area contributed by atoms with Gasteiger partial charge in [-0.1, -0.05) is 12.6 Å². The quantitative estimate of drug-likeness (QED) is 0.288. The number of carbonyl (C=O) groups excluding carboxylic acids is 1. The minimum Gasteiger partial charge on any atom is -0.485 e. The molecule has 0 heterocycles. The van der Waals surface area contributed by atoms with E-state index in [4.69, 9.17) is 14.2 Å². The zero-order valence-electron chi connectivity index (χ0n) is 17.6. The molecular weight excluding hydrogens is 394 g/mol. The number of aliphatic hydroxyl groups is 1. The Hall–Kier alpha value is -2.77. The summed E-state index contributed by atoms with van der Waals surface area (Å²) in [5.41, 5.74) is 0.808. The molecule has 0 saturated carbocycles. The minimum atomic E-state index is -0.857. The molecule has 0 saturated heterocycles. The van der Waals surface area contributed by atoms with Gasteiger partial charge < -0.3 is 19.3 Å². The molecule has 0 unspecified atom stereocenters. The van der Waals surface area contributed by atoms with Crippen molar-refractivity contribution < 1.29 is 32.9 Å². The number of carbonyl (C=O) groups is 1. The average Bonchev–Trinajstić information content (AvgIpc) is 2.65. The highest BCUT2D eigenvalue weighted by Gasteiger charge is 2.17. The summed E-state index contributed by atoms with van der Waals surface area (Å²) < 4.78 is 44.7. The Kier molecular flexibility index (Phi) is 7.70. The lowest BCUT2D eigenvalue weighted by Crippen LogP contribution is -2.22. The standard InChI is InChI=1S/C23H26F2O5/c1-14(2)22(27)30-20-7-6-15(10-17(20)13-26)16-11-18(24)21(19(25)12-16)28-8-9-29-23(3,4)5/h6-7,10-12,26H,1,8-9,13H2,2-5H3. The van der Waals surface area contributed by atoms with Crippen LogP contribution in [0, 0.1) is 11.6 Å². The third kappa shape index (κ3) is 6.37. The first-order valence-corrected chi connectivity index (χ1v) is 9.39. The number of aliphatic hydroxyl groups excluding tert-OH is 1. The second-order valence-corrected chi connectivity index (χ2v) is 7.73. The fourth-order valence-electron chi connectivity index (χ4n) is 2.53. The molecule has 0 aromatic heterocycles. The molecule has 0 radical (unpaired) electrons. The number of hydrogen-bond acceptors (Lipinski definition) is 5. The third-order valence-corrected chi connectivity index (χ3v) is 3.98. The van der Waals surface area contributed by atoms with Crippen LogP contribution in [-0.4, -0.2) is 29.9 Å². The van der Waals surface area contributed by atoms with E-state index in [0.717, 1.165) is 12.1 Å². The van der Waals surface area contributed by atoms with Gasteiger partial charge in [-0.15, -0.1) is 0 Å². The van der Waals surface area contributed by atoms with Crippen molar-refractivity contribution in [2.75, 3.05) is 13.2 Å². The fourth-order valence-corrected chi connectivity index (χ4v) is 2.53. The molecule has 0 aliphatic heterocycles. The fraction of sp³-hybridized carbons (Fsp3) is 0.348. The Labute approximate surface area is 174 Å². The van der Waals surface area contributed by atoms with E-state index < -0.39 is 30.0 Å². The lowest BCUT2D eigenvalue weighted by molar-refractivity contribution is -0.130. The maximum Gasteiger partial charge on any atom is 0.338 e. The average molecular weight is 420 g/mol. The molecule has 162 valence electrons. The van der Waals surface area contributed by atoms with Crippen LogP contribution in [0.4, 0.5) is 8.78 Å². The number of benzene rings is 2. The number of rotatable bonds is 8. The first kappa shape index (κ1) is 23.5. The van der Waals surface area contributed by atoms with Crippen molar-refractivity contribution in [3.8, 4) is 22.6 Å². The van der Waals surface area contributed by atoms with Gasteiger partial charge in [0.25, 0.3) is 0 Å². The third-order valence-electron chi connectivity index (χ3n) is 3.98. The molecule has 7 heteroatoms. The van der Waals surface area contributed by atoms with E-state index in [1.54, 1.807) is 0 Å². The van der Waals surface area contributed by atoms with Crippen LogP contribution in [-0.2, 0) is 16.1 Å². The largest absolute Gasteiger partial charge is 0.485 e. The van der Waals surface area contributed by atoms with Crippen LogP contribution in [0.1, 0.15) is 33.3 Å². The van der Waals surface area contributed by atoms with E-state index in [-0.39, 0.29) is 35.7 Å².